The molecule has 0 saturated carbocycles. The third-order valence-electron chi connectivity index (χ3n) is 6.13. The van der Waals surface area contributed by atoms with Gasteiger partial charge in [-0.2, -0.15) is 13.2 Å². The van der Waals surface area contributed by atoms with Crippen molar-refractivity contribution >= 4 is 39.4 Å². The predicted octanol–water partition coefficient (Wildman–Crippen LogP) is 3.62. The molecule has 1 N–H and O–H groups in total. The van der Waals surface area contributed by atoms with Crippen molar-refractivity contribution in [2.45, 2.75) is 43.8 Å². The summed E-state index contributed by atoms with van der Waals surface area (Å²) in [7, 11) is -5.58. The van der Waals surface area contributed by atoms with Crippen LogP contribution in [0.15, 0.2) is 47.5 Å². The fourth-order valence-electron chi connectivity index (χ4n) is 3.84. The Balaban J connectivity index is 1.68. The summed E-state index contributed by atoms with van der Waals surface area (Å²) in [5, 5.41) is 2.51. The molecular weight excluding hydrogens is 543 g/mol. The summed E-state index contributed by atoms with van der Waals surface area (Å²) in [6, 6.07) is 4.72. The molecule has 4 amide bonds. The normalized spacial score (nSPS) is 16.2. The Kier molecular flexibility index (Phi) is 9.17. The summed E-state index contributed by atoms with van der Waals surface area (Å²) in [5.74, 6) is -0.472. The number of alkyl halides is 3. The number of pyridine rings is 1. The van der Waals surface area contributed by atoms with Crippen molar-refractivity contribution < 1.29 is 40.7 Å². The van der Waals surface area contributed by atoms with Gasteiger partial charge in [-0.05, 0) is 62.0 Å². The SMILES string of the molecule is CCN(CC)CCOC(=O)Nc1cc(CN2C(=O)N(c3ccc(S(=O)(=O)C(F)(F)F)cc3)C(=O)C2C)ccn1. The minimum Gasteiger partial charge on any atom is -0.448 e. The zero-order valence-electron chi connectivity index (χ0n) is 21.4. The lowest BCUT2D eigenvalue weighted by Crippen LogP contribution is -2.33. The molecule has 1 aliphatic rings. The van der Waals surface area contributed by atoms with Crippen LogP contribution < -0.4 is 10.2 Å². The van der Waals surface area contributed by atoms with Crippen LogP contribution in [0.25, 0.3) is 0 Å². The molecular formula is C24H28F3N5O6S. The second kappa shape index (κ2) is 12.0. The van der Waals surface area contributed by atoms with Crippen LogP contribution in [-0.2, 0) is 25.9 Å². The summed E-state index contributed by atoms with van der Waals surface area (Å²) >= 11 is 0. The first-order chi connectivity index (χ1) is 18.3. The number of benzene rings is 1. The maximum absolute atomic E-state index is 13.1. The molecule has 1 fully saturated rings. The monoisotopic (exact) mass is 571 g/mol. The van der Waals surface area contributed by atoms with E-state index >= 15 is 0 Å². The molecule has 3 rings (SSSR count). The van der Waals surface area contributed by atoms with Crippen LogP contribution in [0.3, 0.4) is 0 Å². The van der Waals surface area contributed by atoms with E-state index in [0.29, 0.717) is 24.2 Å². The molecule has 1 atom stereocenters. The number of anilines is 2. The standard InChI is InChI=1S/C24H28F3N5O6S/c1-4-30(5-2)12-13-38-22(34)29-20-14-17(10-11-28-20)15-31-16(3)21(33)32(23(31)35)18-6-8-19(9-7-18)39(36,37)24(25,26)27/h6-11,14,16H,4-5,12-13,15H2,1-3H3,(H,28,29,34). The fourth-order valence-corrected chi connectivity index (χ4v) is 4.61. The lowest BCUT2D eigenvalue weighted by atomic mass is 10.2. The van der Waals surface area contributed by atoms with E-state index in [9.17, 15) is 36.0 Å². The smallest absolute Gasteiger partial charge is 0.448 e. The Labute approximate surface area is 223 Å². The van der Waals surface area contributed by atoms with E-state index in [1.165, 1.54) is 24.1 Å². The molecule has 2 aromatic rings. The van der Waals surface area contributed by atoms with Crippen LogP contribution in [0, 0.1) is 0 Å². The first-order valence-corrected chi connectivity index (χ1v) is 13.5. The summed E-state index contributed by atoms with van der Waals surface area (Å²) in [6.45, 7) is 7.85. The number of nitrogens with one attached hydrogen (secondary N) is 1. The van der Waals surface area contributed by atoms with E-state index < -0.39 is 44.3 Å². The Bertz CT molecular complexity index is 1320. The van der Waals surface area contributed by atoms with Gasteiger partial charge in [0.05, 0.1) is 10.6 Å². The zero-order valence-corrected chi connectivity index (χ0v) is 22.3. The van der Waals surface area contributed by atoms with Gasteiger partial charge in [-0.25, -0.2) is 27.9 Å². The lowest BCUT2D eigenvalue weighted by Gasteiger charge is -2.20. The number of carbonyl (C=O) groups is 3. The number of halogens is 3. The molecule has 1 aromatic heterocycles. The summed E-state index contributed by atoms with van der Waals surface area (Å²) in [5.41, 5.74) is -5.03. The highest BCUT2D eigenvalue weighted by Crippen LogP contribution is 2.32. The highest BCUT2D eigenvalue weighted by Gasteiger charge is 2.47. The van der Waals surface area contributed by atoms with Gasteiger partial charge in [-0.15, -0.1) is 0 Å². The molecule has 39 heavy (non-hydrogen) atoms. The molecule has 15 heteroatoms. The van der Waals surface area contributed by atoms with Gasteiger partial charge < -0.3 is 14.5 Å². The average molecular weight is 572 g/mol. The minimum atomic E-state index is -5.58. The highest BCUT2D eigenvalue weighted by molar-refractivity contribution is 7.92. The molecule has 11 nitrogen and oxygen atoms in total. The quantitative estimate of drug-likeness (QED) is 0.428. The first-order valence-electron chi connectivity index (χ1n) is 12.0. The first kappa shape index (κ1) is 29.8. The Morgan fingerprint density at radius 2 is 1.77 bits per heavy atom. The van der Waals surface area contributed by atoms with Crippen molar-refractivity contribution in [2.75, 3.05) is 36.5 Å². The molecule has 1 aromatic carbocycles. The number of carbonyl (C=O) groups excluding carboxylic acids is 3. The molecule has 212 valence electrons. The lowest BCUT2D eigenvalue weighted by molar-refractivity contribution is -0.119. The number of amides is 4. The second-order valence-electron chi connectivity index (χ2n) is 8.54. The van der Waals surface area contributed by atoms with E-state index in [1.54, 1.807) is 6.07 Å². The Morgan fingerprint density at radius 1 is 1.13 bits per heavy atom. The Morgan fingerprint density at radius 3 is 2.36 bits per heavy atom. The topological polar surface area (TPSA) is 129 Å². The van der Waals surface area contributed by atoms with Crippen molar-refractivity contribution in [2.24, 2.45) is 0 Å². The van der Waals surface area contributed by atoms with Crippen LogP contribution in [-0.4, -0.2) is 79.0 Å². The Hall–Kier alpha value is -3.72. The fraction of sp³-hybridized carbons (Fsp3) is 0.417. The average Bonchev–Trinajstić information content (AvgIpc) is 3.09. The third kappa shape index (κ3) is 6.65. The van der Waals surface area contributed by atoms with Crippen molar-refractivity contribution in [3.05, 3.63) is 48.2 Å². The van der Waals surface area contributed by atoms with Gasteiger partial charge in [-0.1, -0.05) is 13.8 Å². The number of imide groups is 1. The van der Waals surface area contributed by atoms with Gasteiger partial charge in [0.2, 0.25) is 0 Å². The molecule has 0 radical (unpaired) electrons. The van der Waals surface area contributed by atoms with Crippen LogP contribution in [0.5, 0.6) is 0 Å². The molecule has 1 saturated heterocycles. The number of ether oxygens (including phenoxy) is 1. The number of sulfone groups is 1. The molecule has 1 unspecified atom stereocenters. The number of rotatable bonds is 10. The molecule has 1 aliphatic heterocycles. The molecule has 0 bridgehead atoms. The molecule has 0 aliphatic carbocycles. The van der Waals surface area contributed by atoms with Crippen molar-refractivity contribution in [1.29, 1.82) is 0 Å². The number of likely N-dealkylation sites (N-methyl/N-ethyl adjacent to an activating group) is 1. The van der Waals surface area contributed by atoms with Crippen LogP contribution in [0.1, 0.15) is 26.3 Å². The number of hydrogen-bond acceptors (Lipinski definition) is 8. The van der Waals surface area contributed by atoms with Crippen molar-refractivity contribution in [3.63, 3.8) is 0 Å². The van der Waals surface area contributed by atoms with E-state index in [-0.39, 0.29) is 24.7 Å². The van der Waals surface area contributed by atoms with E-state index in [4.69, 9.17) is 4.74 Å². The van der Waals surface area contributed by atoms with Gasteiger partial charge in [0.15, 0.2) is 0 Å². The number of nitrogens with zero attached hydrogens (tertiary/aromatic N) is 4. The van der Waals surface area contributed by atoms with Crippen LogP contribution >= 0.6 is 0 Å². The van der Waals surface area contributed by atoms with E-state index in [1.807, 2.05) is 13.8 Å². The maximum atomic E-state index is 13.1. The summed E-state index contributed by atoms with van der Waals surface area (Å²) < 4.78 is 66.8. The van der Waals surface area contributed by atoms with Crippen molar-refractivity contribution in [3.8, 4) is 0 Å². The molecule has 0 spiro atoms. The number of urea groups is 1. The summed E-state index contributed by atoms with van der Waals surface area (Å²) in [6.07, 6.45) is 0.709. The van der Waals surface area contributed by atoms with E-state index in [2.05, 4.69) is 15.2 Å². The zero-order chi connectivity index (χ0) is 29.0. The third-order valence-corrected chi connectivity index (χ3v) is 7.64. The minimum absolute atomic E-state index is 0.0447. The second-order valence-corrected chi connectivity index (χ2v) is 10.5. The van der Waals surface area contributed by atoms with Gasteiger partial charge in [0, 0.05) is 19.3 Å². The van der Waals surface area contributed by atoms with Crippen LogP contribution in [0.2, 0.25) is 0 Å². The number of hydrogen-bond donors (Lipinski definition) is 1. The maximum Gasteiger partial charge on any atom is 0.501 e. The van der Waals surface area contributed by atoms with Gasteiger partial charge >= 0.3 is 17.6 Å². The van der Waals surface area contributed by atoms with Gasteiger partial charge in [0.1, 0.15) is 18.5 Å². The van der Waals surface area contributed by atoms with Gasteiger partial charge in [-0.3, -0.25) is 10.1 Å². The number of aromatic nitrogens is 1. The van der Waals surface area contributed by atoms with Crippen molar-refractivity contribution in [1.82, 2.24) is 14.8 Å². The largest absolute Gasteiger partial charge is 0.501 e. The van der Waals surface area contributed by atoms with E-state index in [0.717, 1.165) is 30.1 Å². The summed E-state index contributed by atoms with van der Waals surface area (Å²) in [4.78, 5) is 45.2. The predicted molar refractivity (Wildman–Crippen MR) is 135 cm³/mol. The van der Waals surface area contributed by atoms with Gasteiger partial charge in [0.25, 0.3) is 15.7 Å². The van der Waals surface area contributed by atoms with Crippen LogP contribution in [0.4, 0.5) is 34.3 Å². The molecule has 2 heterocycles. The highest BCUT2D eigenvalue weighted by atomic mass is 32.2.